The highest BCUT2D eigenvalue weighted by Gasteiger charge is 2.20. The summed E-state index contributed by atoms with van der Waals surface area (Å²) in [4.78, 5) is 31.2. The van der Waals surface area contributed by atoms with E-state index < -0.39 is 11.9 Å². The van der Waals surface area contributed by atoms with Gasteiger partial charge in [-0.05, 0) is 31.8 Å². The number of nitrogens with zero attached hydrogens (tertiary/aromatic N) is 2. The molecule has 2 rings (SSSR count). The van der Waals surface area contributed by atoms with Gasteiger partial charge in [0.05, 0.1) is 6.33 Å². The van der Waals surface area contributed by atoms with Gasteiger partial charge in [0, 0.05) is 13.1 Å². The van der Waals surface area contributed by atoms with Crippen LogP contribution in [0.1, 0.15) is 40.7 Å². The van der Waals surface area contributed by atoms with Gasteiger partial charge in [0.2, 0.25) is 0 Å². The molecule has 0 spiro atoms. The zero-order valence-electron chi connectivity index (χ0n) is 11.6. The molecule has 0 aliphatic carbocycles. The molecule has 7 nitrogen and oxygen atoms in total. The minimum atomic E-state index is -1.18. The van der Waals surface area contributed by atoms with Crippen LogP contribution in [-0.4, -0.2) is 58.0 Å². The summed E-state index contributed by atoms with van der Waals surface area (Å²) < 4.78 is 0. The molecule has 1 aliphatic rings. The summed E-state index contributed by atoms with van der Waals surface area (Å²) >= 11 is 0. The number of H-pyrrole nitrogens is 1. The van der Waals surface area contributed by atoms with Crippen LogP contribution in [0.3, 0.4) is 0 Å². The van der Waals surface area contributed by atoms with E-state index in [0.717, 1.165) is 25.6 Å². The first-order chi connectivity index (χ1) is 9.58. The number of hydrogen-bond acceptors (Lipinski definition) is 4. The largest absolute Gasteiger partial charge is 0.477 e. The number of piperidine rings is 1. The molecule has 1 aromatic heterocycles. The smallest absolute Gasteiger partial charge is 0.354 e. The zero-order chi connectivity index (χ0) is 14.5. The average Bonchev–Trinajstić information content (AvgIpc) is 2.90. The van der Waals surface area contributed by atoms with E-state index in [4.69, 9.17) is 5.11 Å². The lowest BCUT2D eigenvalue weighted by Crippen LogP contribution is -2.39. The van der Waals surface area contributed by atoms with Gasteiger partial charge in [0.25, 0.3) is 5.91 Å². The fourth-order valence-electron chi connectivity index (χ4n) is 2.33. The van der Waals surface area contributed by atoms with E-state index in [1.807, 2.05) is 0 Å². The summed E-state index contributed by atoms with van der Waals surface area (Å²) in [5.41, 5.74) is -0.237. The second-order valence-corrected chi connectivity index (χ2v) is 5.21. The van der Waals surface area contributed by atoms with Gasteiger partial charge in [-0.1, -0.05) is 6.92 Å². The van der Waals surface area contributed by atoms with Gasteiger partial charge >= 0.3 is 5.97 Å². The maximum absolute atomic E-state index is 11.8. The van der Waals surface area contributed by atoms with Crippen LogP contribution in [0.25, 0.3) is 0 Å². The highest BCUT2D eigenvalue weighted by Crippen LogP contribution is 2.15. The molecule has 0 saturated carbocycles. The molecule has 110 valence electrons. The van der Waals surface area contributed by atoms with Gasteiger partial charge in [-0.15, -0.1) is 0 Å². The number of amides is 1. The van der Waals surface area contributed by atoms with Crippen LogP contribution >= 0.6 is 0 Å². The molecule has 0 unspecified atom stereocenters. The number of carboxylic acid groups (broad SMARTS) is 1. The van der Waals surface area contributed by atoms with Gasteiger partial charge < -0.3 is 20.3 Å². The minimum absolute atomic E-state index is 0.0650. The van der Waals surface area contributed by atoms with Crippen molar-refractivity contribution < 1.29 is 14.7 Å². The number of likely N-dealkylation sites (tertiary alicyclic amines) is 1. The van der Waals surface area contributed by atoms with Crippen LogP contribution in [0.5, 0.6) is 0 Å². The second-order valence-electron chi connectivity index (χ2n) is 5.21. The van der Waals surface area contributed by atoms with Crippen molar-refractivity contribution in [2.45, 2.75) is 19.8 Å². The Hall–Kier alpha value is -1.89. The Kier molecular flexibility index (Phi) is 4.73. The Morgan fingerprint density at radius 2 is 2.20 bits per heavy atom. The normalized spacial score (nSPS) is 17.1. The highest BCUT2D eigenvalue weighted by atomic mass is 16.4. The summed E-state index contributed by atoms with van der Waals surface area (Å²) in [6, 6.07) is 0. The summed E-state index contributed by atoms with van der Waals surface area (Å²) in [5, 5.41) is 11.6. The molecule has 2 heterocycles. The molecule has 1 fully saturated rings. The summed E-state index contributed by atoms with van der Waals surface area (Å²) in [7, 11) is 0. The van der Waals surface area contributed by atoms with Crippen molar-refractivity contribution in [1.82, 2.24) is 20.2 Å². The van der Waals surface area contributed by atoms with Gasteiger partial charge in [-0.25, -0.2) is 9.78 Å². The maximum Gasteiger partial charge on any atom is 0.354 e. The zero-order valence-corrected chi connectivity index (χ0v) is 11.6. The number of imidazole rings is 1. The molecule has 0 bridgehead atoms. The van der Waals surface area contributed by atoms with Crippen molar-refractivity contribution in [3.8, 4) is 0 Å². The number of carbonyl (C=O) groups excluding carboxylic acids is 1. The van der Waals surface area contributed by atoms with Crippen molar-refractivity contribution >= 4 is 11.9 Å². The van der Waals surface area contributed by atoms with Gasteiger partial charge in [-0.3, -0.25) is 4.79 Å². The summed E-state index contributed by atoms with van der Waals surface area (Å²) in [5.74, 6) is -0.852. The maximum atomic E-state index is 11.8. The van der Waals surface area contributed by atoms with Gasteiger partial charge in [0.1, 0.15) is 0 Å². The number of carbonyl (C=O) groups is 2. The summed E-state index contributed by atoms with van der Waals surface area (Å²) in [6.07, 6.45) is 3.59. The Balaban J connectivity index is 1.78. The van der Waals surface area contributed by atoms with Crippen LogP contribution in [-0.2, 0) is 0 Å². The third-order valence-electron chi connectivity index (χ3n) is 3.66. The third kappa shape index (κ3) is 3.57. The lowest BCUT2D eigenvalue weighted by atomic mass is 9.99. The van der Waals surface area contributed by atoms with E-state index in [9.17, 15) is 9.59 Å². The van der Waals surface area contributed by atoms with Crippen molar-refractivity contribution in [3.05, 3.63) is 17.7 Å². The second kappa shape index (κ2) is 6.51. The van der Waals surface area contributed by atoms with Gasteiger partial charge in [-0.2, -0.15) is 0 Å². The van der Waals surface area contributed by atoms with Crippen LogP contribution < -0.4 is 5.32 Å². The van der Waals surface area contributed by atoms with Crippen LogP contribution in [0.2, 0.25) is 0 Å². The molecule has 20 heavy (non-hydrogen) atoms. The van der Waals surface area contributed by atoms with E-state index in [1.54, 1.807) is 0 Å². The number of nitrogens with one attached hydrogen (secondary N) is 2. The lowest BCUT2D eigenvalue weighted by molar-refractivity contribution is 0.0685. The van der Waals surface area contributed by atoms with E-state index >= 15 is 0 Å². The molecular weight excluding hydrogens is 260 g/mol. The van der Waals surface area contributed by atoms with Crippen LogP contribution in [0.4, 0.5) is 0 Å². The van der Waals surface area contributed by atoms with E-state index in [-0.39, 0.29) is 11.4 Å². The fraction of sp³-hybridized carbons (Fsp3) is 0.615. The quantitative estimate of drug-likeness (QED) is 0.732. The number of rotatable bonds is 5. The predicted molar refractivity (Wildman–Crippen MR) is 72.7 cm³/mol. The molecule has 0 radical (unpaired) electrons. The standard InChI is InChI=1S/C13H20N4O3/c1-9-2-5-17(6-3-9)7-4-14-12(18)10-11(13(19)20)16-8-15-10/h8-9H,2-7H2,1H3,(H,14,18)(H,15,16)(H,19,20). The van der Waals surface area contributed by atoms with Gasteiger partial charge in [0.15, 0.2) is 11.4 Å². The SMILES string of the molecule is CC1CCN(CCNC(=O)c2nc[nH]c2C(=O)O)CC1. The predicted octanol–water partition coefficient (Wildman–Crippen LogP) is 0.570. The van der Waals surface area contributed by atoms with Crippen LogP contribution in [0, 0.1) is 5.92 Å². The average molecular weight is 280 g/mol. The van der Waals surface area contributed by atoms with Crippen molar-refractivity contribution in [2.24, 2.45) is 5.92 Å². The van der Waals surface area contributed by atoms with E-state index in [1.165, 1.54) is 19.2 Å². The molecule has 3 N–H and O–H groups in total. The first-order valence-electron chi connectivity index (χ1n) is 6.85. The Labute approximate surface area is 117 Å². The molecule has 1 aromatic rings. The molecule has 1 amide bonds. The van der Waals surface area contributed by atoms with Crippen molar-refractivity contribution in [1.29, 1.82) is 0 Å². The number of aromatic carboxylic acids is 1. The Morgan fingerprint density at radius 1 is 1.50 bits per heavy atom. The lowest BCUT2D eigenvalue weighted by Gasteiger charge is -2.30. The number of hydrogen-bond donors (Lipinski definition) is 3. The topological polar surface area (TPSA) is 98.3 Å². The van der Waals surface area contributed by atoms with E-state index in [2.05, 4.69) is 27.1 Å². The number of aromatic amines is 1. The van der Waals surface area contributed by atoms with Crippen molar-refractivity contribution in [2.75, 3.05) is 26.2 Å². The number of aromatic nitrogens is 2. The Bertz CT molecular complexity index is 478. The number of carboxylic acids is 1. The first kappa shape index (κ1) is 14.5. The van der Waals surface area contributed by atoms with E-state index in [0.29, 0.717) is 6.54 Å². The third-order valence-corrected chi connectivity index (χ3v) is 3.66. The first-order valence-corrected chi connectivity index (χ1v) is 6.85. The summed E-state index contributed by atoms with van der Waals surface area (Å²) in [6.45, 7) is 5.65. The van der Waals surface area contributed by atoms with Crippen molar-refractivity contribution in [3.63, 3.8) is 0 Å². The molecule has 0 atom stereocenters. The molecule has 1 aliphatic heterocycles. The molecule has 0 aromatic carbocycles. The molecular formula is C13H20N4O3. The fourth-order valence-corrected chi connectivity index (χ4v) is 2.33. The van der Waals surface area contributed by atoms with Crippen LogP contribution in [0.15, 0.2) is 6.33 Å². The monoisotopic (exact) mass is 280 g/mol. The highest BCUT2D eigenvalue weighted by molar-refractivity contribution is 6.02. The minimum Gasteiger partial charge on any atom is -0.477 e. The molecule has 7 heteroatoms. The molecule has 1 saturated heterocycles. The Morgan fingerprint density at radius 3 is 2.85 bits per heavy atom.